The fourth-order valence-corrected chi connectivity index (χ4v) is 0.253. The number of carboxylic acids is 2. The van der Waals surface area contributed by atoms with Crippen LogP contribution in [0.1, 0.15) is 13.8 Å². The molecule has 0 aliphatic heterocycles. The Hall–Kier alpha value is -1.25. The van der Waals surface area contributed by atoms with Crippen LogP contribution in [0.5, 0.6) is 0 Å². The quantitative estimate of drug-likeness (QED) is 0.437. The first kappa shape index (κ1) is 24.1. The summed E-state index contributed by atoms with van der Waals surface area (Å²) in [5.41, 5.74) is 0. The summed E-state index contributed by atoms with van der Waals surface area (Å²) in [5, 5.41) is 17.8. The molecule has 1 rings (SSSR count). The second-order valence-electron chi connectivity index (χ2n) is 1.88. The third kappa shape index (κ3) is 78.1. The van der Waals surface area contributed by atoms with Crippen molar-refractivity contribution >= 4 is 35.0 Å². The number of carbonyl (C=O) groups is 2. The Kier molecular flexibility index (Phi) is 29.2. The van der Waals surface area contributed by atoms with Crippen LogP contribution < -0.4 is 10.2 Å². The van der Waals surface area contributed by atoms with Crippen molar-refractivity contribution in [2.45, 2.75) is 13.8 Å². The summed E-state index contributed by atoms with van der Waals surface area (Å²) in [6.45, 7) is 1.94. The molecule has 0 spiro atoms. The summed E-state index contributed by atoms with van der Waals surface area (Å²) >= 11 is 0. The molecule has 0 aromatic carbocycles. The van der Waals surface area contributed by atoms with Gasteiger partial charge in [0.1, 0.15) is 0 Å². The smallest absolute Gasteiger partial charge is 0.550 e. The van der Waals surface area contributed by atoms with Gasteiger partial charge in [-0.05, 0) is 13.8 Å². The Morgan fingerprint density at radius 2 is 1.00 bits per heavy atom. The molecule has 0 amide bonds. The topological polar surface area (TPSA) is 138 Å². The first-order valence-electron chi connectivity index (χ1n) is 3.52. The van der Waals surface area contributed by atoms with Crippen molar-refractivity contribution in [3.63, 3.8) is 0 Å². The molecule has 0 aliphatic carbocycles. The third-order valence-corrected chi connectivity index (χ3v) is 0.478. The van der Waals surface area contributed by atoms with Gasteiger partial charge >= 0.3 is 23.1 Å². The first-order valence-corrected chi connectivity index (χ1v) is 3.52. The van der Waals surface area contributed by atoms with Crippen molar-refractivity contribution in [3.05, 3.63) is 24.8 Å². The molecule has 0 bridgehead atoms. The van der Waals surface area contributed by atoms with Crippen LogP contribution in [-0.2, 0) is 9.59 Å². The van der Waals surface area contributed by atoms with Crippen LogP contribution in [0.4, 0.5) is 0 Å². The Bertz CT molecular complexity index is 211. The van der Waals surface area contributed by atoms with E-state index >= 15 is 0 Å². The van der Waals surface area contributed by atoms with Gasteiger partial charge in [-0.25, -0.2) is 0 Å². The van der Waals surface area contributed by atoms with Crippen LogP contribution >= 0.6 is 0 Å². The Labute approximate surface area is 109 Å². The molecule has 0 radical (unpaired) electrons. The van der Waals surface area contributed by atoms with Crippen LogP contribution in [0, 0.1) is 0 Å². The van der Waals surface area contributed by atoms with Crippen LogP contribution in [0.25, 0.3) is 0 Å². The molecule has 1 aromatic heterocycles. The van der Waals surface area contributed by atoms with E-state index in [9.17, 15) is 0 Å². The minimum atomic E-state index is -1.08. The summed E-state index contributed by atoms with van der Waals surface area (Å²) < 4.78 is 0. The number of nitrogens with zero attached hydrogens (tertiary/aromatic N) is 2. The van der Waals surface area contributed by atoms with Gasteiger partial charge in [0, 0.05) is 36.7 Å². The molecule has 8 heteroatoms. The van der Waals surface area contributed by atoms with E-state index in [4.69, 9.17) is 19.8 Å². The van der Waals surface area contributed by atoms with Crippen molar-refractivity contribution in [3.8, 4) is 0 Å². The van der Waals surface area contributed by atoms with E-state index in [0.29, 0.717) is 0 Å². The van der Waals surface area contributed by atoms with Gasteiger partial charge in [0.15, 0.2) is 0 Å². The fourth-order valence-electron chi connectivity index (χ4n) is 0.253. The minimum absolute atomic E-state index is 0. The second-order valence-corrected chi connectivity index (χ2v) is 1.88. The molecule has 0 unspecified atom stereocenters. The van der Waals surface area contributed by atoms with Gasteiger partial charge in [0.2, 0.25) is 0 Å². The molecule has 2 N–H and O–H groups in total. The number of carbonyl (C=O) groups excluding carboxylic acids is 2. The molecule has 0 aliphatic rings. The predicted octanol–water partition coefficient (Wildman–Crippen LogP) is -3.22. The fraction of sp³-hybridized carbons (Fsp3) is 0.250. The number of aliphatic carboxylic acids is 2. The van der Waals surface area contributed by atoms with Gasteiger partial charge in [-0.15, -0.1) is 0 Å². The minimum Gasteiger partial charge on any atom is -0.550 e. The Morgan fingerprint density at radius 1 is 0.875 bits per heavy atom. The molecular weight excluding hydrogens is 228 g/mol. The maximum Gasteiger partial charge on any atom is 2.00 e. The summed E-state index contributed by atoms with van der Waals surface area (Å²) in [6.07, 6.45) is 6.56. The average molecular weight is 240 g/mol. The Morgan fingerprint density at radius 3 is 1.06 bits per heavy atom. The largest absolute Gasteiger partial charge is 2.00 e. The predicted molar refractivity (Wildman–Crippen MR) is 52.8 cm³/mol. The first-order chi connectivity index (χ1) is 6.46. The molecule has 0 saturated carbocycles. The summed E-state index contributed by atoms with van der Waals surface area (Å²) in [7, 11) is 0. The molecule has 86 valence electrons. The standard InChI is InChI=1S/C4H4N2.2C2H4O2.Mg.H2O/c1-2-6-4-3-5-1;2*1-2(3)4;;/h1-4H;2*1H3,(H,3,4);;1H2/q;;;+2;/p-2. The van der Waals surface area contributed by atoms with Crippen LogP contribution in [0.15, 0.2) is 24.8 Å². The van der Waals surface area contributed by atoms with E-state index in [1.807, 2.05) is 0 Å². The maximum atomic E-state index is 8.89. The summed E-state index contributed by atoms with van der Waals surface area (Å²) in [6, 6.07) is 0. The average Bonchev–Trinajstić information content (AvgIpc) is 2.05. The van der Waals surface area contributed by atoms with Crippen LogP contribution in [-0.4, -0.2) is 50.4 Å². The van der Waals surface area contributed by atoms with E-state index in [2.05, 4.69) is 9.97 Å². The van der Waals surface area contributed by atoms with Gasteiger partial charge in [0.25, 0.3) is 0 Å². The van der Waals surface area contributed by atoms with Crippen LogP contribution in [0.2, 0.25) is 0 Å². The Balaban J connectivity index is -0.0000000660. The third-order valence-electron chi connectivity index (χ3n) is 0.478. The molecule has 7 nitrogen and oxygen atoms in total. The van der Waals surface area contributed by atoms with E-state index in [1.165, 1.54) is 0 Å². The van der Waals surface area contributed by atoms with Crippen LogP contribution in [0.3, 0.4) is 0 Å². The van der Waals surface area contributed by atoms with Gasteiger partial charge in [-0.3, -0.25) is 9.97 Å². The van der Waals surface area contributed by atoms with E-state index in [0.717, 1.165) is 13.8 Å². The van der Waals surface area contributed by atoms with E-state index in [1.54, 1.807) is 24.8 Å². The van der Waals surface area contributed by atoms with Crippen molar-refractivity contribution in [1.82, 2.24) is 9.97 Å². The van der Waals surface area contributed by atoms with Crippen molar-refractivity contribution in [2.24, 2.45) is 0 Å². The summed E-state index contributed by atoms with van der Waals surface area (Å²) in [4.78, 5) is 25.2. The zero-order valence-corrected chi connectivity index (χ0v) is 10.5. The molecular formula is C8H12MgN2O5. The number of rotatable bonds is 0. The van der Waals surface area contributed by atoms with E-state index in [-0.39, 0.29) is 28.5 Å². The van der Waals surface area contributed by atoms with Crippen molar-refractivity contribution < 1.29 is 25.3 Å². The zero-order chi connectivity index (χ0) is 11.4. The normalized spacial score (nSPS) is 6.12. The number of carboxylic acid groups (broad SMARTS) is 2. The molecule has 16 heavy (non-hydrogen) atoms. The molecule has 0 saturated heterocycles. The number of hydrogen-bond acceptors (Lipinski definition) is 6. The second kappa shape index (κ2) is 19.3. The molecule has 1 heterocycles. The van der Waals surface area contributed by atoms with Crippen molar-refractivity contribution in [1.29, 1.82) is 0 Å². The summed E-state index contributed by atoms with van der Waals surface area (Å²) in [5.74, 6) is -2.17. The van der Waals surface area contributed by atoms with E-state index < -0.39 is 11.9 Å². The molecule has 1 aromatic rings. The van der Waals surface area contributed by atoms with Gasteiger partial charge in [-0.1, -0.05) is 0 Å². The maximum absolute atomic E-state index is 8.89. The molecule has 0 atom stereocenters. The molecule has 0 fully saturated rings. The monoisotopic (exact) mass is 240 g/mol. The van der Waals surface area contributed by atoms with Crippen molar-refractivity contribution in [2.75, 3.05) is 0 Å². The van der Waals surface area contributed by atoms with Gasteiger partial charge in [-0.2, -0.15) is 0 Å². The number of aromatic nitrogens is 2. The van der Waals surface area contributed by atoms with Gasteiger partial charge < -0.3 is 25.3 Å². The number of hydrogen-bond donors (Lipinski definition) is 0. The SMILES string of the molecule is CC(=O)[O-].CC(=O)[O-].O.[Mg+2].c1cnccn1. The van der Waals surface area contributed by atoms with Gasteiger partial charge in [0.05, 0.1) is 0 Å². The zero-order valence-electron chi connectivity index (χ0n) is 9.04.